The predicted molar refractivity (Wildman–Crippen MR) is 77.0 cm³/mol. The van der Waals surface area contributed by atoms with Gasteiger partial charge in [-0.2, -0.15) is 0 Å². The van der Waals surface area contributed by atoms with Gasteiger partial charge < -0.3 is 4.74 Å². The zero-order chi connectivity index (χ0) is 12.5. The van der Waals surface area contributed by atoms with Crippen LogP contribution in [-0.4, -0.2) is 6.61 Å². The van der Waals surface area contributed by atoms with Gasteiger partial charge in [-0.1, -0.05) is 19.1 Å². The number of benzene rings is 1. The van der Waals surface area contributed by atoms with Gasteiger partial charge in [0, 0.05) is 16.2 Å². The third-order valence-corrected chi connectivity index (χ3v) is 5.20. The van der Waals surface area contributed by atoms with Crippen LogP contribution in [0.5, 0.6) is 5.75 Å². The van der Waals surface area contributed by atoms with E-state index in [2.05, 4.69) is 31.2 Å². The van der Waals surface area contributed by atoms with Crippen LogP contribution in [0, 0.1) is 0 Å². The van der Waals surface area contributed by atoms with E-state index in [1.165, 1.54) is 20.9 Å². The SMILES string of the molecule is CCc1ccc(C(Cl)c2ccc3c(c2)CCO3)s1. The number of thiophene rings is 1. The molecule has 0 bridgehead atoms. The van der Waals surface area contributed by atoms with Crippen LogP contribution in [0.4, 0.5) is 0 Å². The van der Waals surface area contributed by atoms with Crippen LogP contribution in [0.3, 0.4) is 0 Å². The van der Waals surface area contributed by atoms with Crippen LogP contribution < -0.4 is 4.74 Å². The van der Waals surface area contributed by atoms with Crippen molar-refractivity contribution >= 4 is 22.9 Å². The van der Waals surface area contributed by atoms with E-state index in [9.17, 15) is 0 Å². The summed E-state index contributed by atoms with van der Waals surface area (Å²) in [5, 5.41) is -0.0406. The highest BCUT2D eigenvalue weighted by atomic mass is 35.5. The average Bonchev–Trinajstić information content (AvgIpc) is 3.05. The summed E-state index contributed by atoms with van der Waals surface area (Å²) in [6.45, 7) is 2.97. The smallest absolute Gasteiger partial charge is 0.122 e. The van der Waals surface area contributed by atoms with E-state index in [0.29, 0.717) is 0 Å². The molecule has 0 saturated heterocycles. The number of rotatable bonds is 3. The second kappa shape index (κ2) is 4.94. The van der Waals surface area contributed by atoms with E-state index in [0.717, 1.165) is 25.2 Å². The molecule has 1 nitrogen and oxygen atoms in total. The number of alkyl halides is 1. The summed E-state index contributed by atoms with van der Waals surface area (Å²) in [6.07, 6.45) is 2.07. The standard InChI is InChI=1S/C15H15ClOS/c1-2-12-4-6-14(18-12)15(16)11-3-5-13-10(9-11)7-8-17-13/h3-6,9,15H,2,7-8H2,1H3. The summed E-state index contributed by atoms with van der Waals surface area (Å²) < 4.78 is 5.52. The lowest BCUT2D eigenvalue weighted by atomic mass is 10.1. The molecule has 1 aromatic carbocycles. The Morgan fingerprint density at radius 1 is 1.33 bits per heavy atom. The zero-order valence-electron chi connectivity index (χ0n) is 10.3. The fourth-order valence-corrected chi connectivity index (χ4v) is 3.55. The van der Waals surface area contributed by atoms with Crippen molar-refractivity contribution in [3.8, 4) is 5.75 Å². The highest BCUT2D eigenvalue weighted by molar-refractivity contribution is 7.12. The summed E-state index contributed by atoms with van der Waals surface area (Å²) in [5.74, 6) is 1.02. The molecule has 18 heavy (non-hydrogen) atoms. The first-order chi connectivity index (χ1) is 8.78. The Kier molecular flexibility index (Phi) is 3.31. The first kappa shape index (κ1) is 12.1. The minimum Gasteiger partial charge on any atom is -0.493 e. The van der Waals surface area contributed by atoms with Gasteiger partial charge in [-0.05, 0) is 35.7 Å². The molecule has 0 amide bonds. The Balaban J connectivity index is 1.89. The fraction of sp³-hybridized carbons (Fsp3) is 0.333. The topological polar surface area (TPSA) is 9.23 Å². The van der Waals surface area contributed by atoms with Gasteiger partial charge in [0.15, 0.2) is 0 Å². The Labute approximate surface area is 116 Å². The highest BCUT2D eigenvalue weighted by Gasteiger charge is 2.17. The Morgan fingerprint density at radius 3 is 3.00 bits per heavy atom. The molecule has 3 rings (SSSR count). The first-order valence-corrected chi connectivity index (χ1v) is 7.51. The van der Waals surface area contributed by atoms with Crippen molar-refractivity contribution in [2.75, 3.05) is 6.61 Å². The summed E-state index contributed by atoms with van der Waals surface area (Å²) in [7, 11) is 0. The van der Waals surface area contributed by atoms with Gasteiger partial charge >= 0.3 is 0 Å². The molecule has 1 aromatic heterocycles. The van der Waals surface area contributed by atoms with Crippen molar-refractivity contribution < 1.29 is 4.74 Å². The first-order valence-electron chi connectivity index (χ1n) is 6.26. The molecule has 1 atom stereocenters. The molecule has 0 aliphatic carbocycles. The minimum absolute atomic E-state index is 0.0406. The number of fused-ring (bicyclic) bond motifs is 1. The molecule has 1 aliphatic rings. The number of hydrogen-bond acceptors (Lipinski definition) is 2. The van der Waals surface area contributed by atoms with Crippen molar-refractivity contribution in [3.05, 3.63) is 51.2 Å². The quantitative estimate of drug-likeness (QED) is 0.747. The normalized spacial score (nSPS) is 15.2. The van der Waals surface area contributed by atoms with Crippen molar-refractivity contribution in [3.63, 3.8) is 0 Å². The molecular weight excluding hydrogens is 264 g/mol. The lowest BCUT2D eigenvalue weighted by Gasteiger charge is -2.09. The molecule has 94 valence electrons. The second-order valence-corrected chi connectivity index (χ2v) is 6.12. The molecule has 0 N–H and O–H groups in total. The summed E-state index contributed by atoms with van der Waals surface area (Å²) in [6, 6.07) is 10.6. The van der Waals surface area contributed by atoms with E-state index in [4.69, 9.17) is 16.3 Å². The molecule has 2 aromatic rings. The number of halogens is 1. The number of ether oxygens (including phenoxy) is 1. The van der Waals surface area contributed by atoms with Gasteiger partial charge in [-0.15, -0.1) is 22.9 Å². The Bertz CT molecular complexity index is 561. The third-order valence-electron chi connectivity index (χ3n) is 3.29. The summed E-state index contributed by atoms with van der Waals surface area (Å²) in [5.41, 5.74) is 2.45. The molecular formula is C15H15ClOS. The largest absolute Gasteiger partial charge is 0.493 e. The fourth-order valence-electron chi connectivity index (χ4n) is 2.25. The van der Waals surface area contributed by atoms with E-state index in [-0.39, 0.29) is 5.38 Å². The average molecular weight is 279 g/mol. The molecule has 1 unspecified atom stereocenters. The van der Waals surface area contributed by atoms with E-state index < -0.39 is 0 Å². The van der Waals surface area contributed by atoms with Crippen molar-refractivity contribution in [1.29, 1.82) is 0 Å². The molecule has 0 radical (unpaired) electrons. The van der Waals surface area contributed by atoms with Crippen molar-refractivity contribution in [2.45, 2.75) is 25.1 Å². The lowest BCUT2D eigenvalue weighted by molar-refractivity contribution is 0.357. The third kappa shape index (κ3) is 2.15. The molecule has 0 saturated carbocycles. The summed E-state index contributed by atoms with van der Waals surface area (Å²) in [4.78, 5) is 2.62. The molecule has 0 fully saturated rings. The van der Waals surface area contributed by atoms with E-state index in [1.54, 1.807) is 11.3 Å². The van der Waals surface area contributed by atoms with Crippen molar-refractivity contribution in [1.82, 2.24) is 0 Å². The van der Waals surface area contributed by atoms with Crippen LogP contribution in [0.15, 0.2) is 30.3 Å². The Morgan fingerprint density at radius 2 is 2.22 bits per heavy atom. The van der Waals surface area contributed by atoms with Crippen molar-refractivity contribution in [2.24, 2.45) is 0 Å². The van der Waals surface area contributed by atoms with Gasteiger partial charge in [-0.25, -0.2) is 0 Å². The predicted octanol–water partition coefficient (Wildman–Crippen LogP) is 4.57. The maximum absolute atomic E-state index is 6.57. The van der Waals surface area contributed by atoms with Crippen LogP contribution in [0.2, 0.25) is 0 Å². The molecule has 3 heteroatoms. The van der Waals surface area contributed by atoms with E-state index in [1.807, 2.05) is 6.07 Å². The number of hydrogen-bond donors (Lipinski definition) is 0. The minimum atomic E-state index is -0.0406. The van der Waals surface area contributed by atoms with Gasteiger partial charge in [0.05, 0.1) is 12.0 Å². The monoisotopic (exact) mass is 278 g/mol. The van der Waals surface area contributed by atoms with E-state index >= 15 is 0 Å². The molecule has 0 spiro atoms. The van der Waals surface area contributed by atoms with Crippen LogP contribution in [-0.2, 0) is 12.8 Å². The van der Waals surface area contributed by atoms with Gasteiger partial charge in [-0.3, -0.25) is 0 Å². The Hall–Kier alpha value is -0.990. The maximum Gasteiger partial charge on any atom is 0.122 e. The van der Waals surface area contributed by atoms with Gasteiger partial charge in [0.25, 0.3) is 0 Å². The van der Waals surface area contributed by atoms with Gasteiger partial charge in [0.1, 0.15) is 5.75 Å². The number of aryl methyl sites for hydroxylation is 1. The molecule has 1 aliphatic heterocycles. The molecule has 2 heterocycles. The zero-order valence-corrected chi connectivity index (χ0v) is 11.9. The van der Waals surface area contributed by atoms with Crippen LogP contribution >= 0.6 is 22.9 Å². The second-order valence-electron chi connectivity index (χ2n) is 4.49. The highest BCUT2D eigenvalue weighted by Crippen LogP contribution is 2.36. The lowest BCUT2D eigenvalue weighted by Crippen LogP contribution is -1.91. The maximum atomic E-state index is 6.57. The van der Waals surface area contributed by atoms with Crippen LogP contribution in [0.25, 0.3) is 0 Å². The van der Waals surface area contributed by atoms with Crippen LogP contribution in [0.1, 0.15) is 33.2 Å². The van der Waals surface area contributed by atoms with Gasteiger partial charge in [0.2, 0.25) is 0 Å². The summed E-state index contributed by atoms with van der Waals surface area (Å²) >= 11 is 8.38.